The van der Waals surface area contributed by atoms with Gasteiger partial charge < -0.3 is 10.2 Å². The van der Waals surface area contributed by atoms with Crippen LogP contribution in [0.2, 0.25) is 0 Å². The maximum atomic E-state index is 9.26. The number of hydrogen-bond donors (Lipinski definition) is 2. The zero-order chi connectivity index (χ0) is 9.59. The van der Waals surface area contributed by atoms with E-state index in [0.29, 0.717) is 23.7 Å². The predicted octanol–water partition coefficient (Wildman–Crippen LogP) is 1.19. The fourth-order valence-corrected chi connectivity index (χ4v) is 3.33. The first-order valence-corrected chi connectivity index (χ1v) is 5.09. The molecule has 0 radical (unpaired) electrons. The van der Waals surface area contributed by atoms with E-state index in [1.807, 2.05) is 0 Å². The van der Waals surface area contributed by atoms with Gasteiger partial charge in [0.1, 0.15) is 0 Å². The Bertz CT molecular complexity index is 220. The molecule has 0 spiro atoms. The lowest BCUT2D eigenvalue weighted by molar-refractivity contribution is 0.107. The van der Waals surface area contributed by atoms with Crippen LogP contribution < -0.4 is 0 Å². The molecule has 74 valence electrons. The van der Waals surface area contributed by atoms with Gasteiger partial charge in [-0.05, 0) is 43.9 Å². The van der Waals surface area contributed by atoms with Gasteiger partial charge in [-0.15, -0.1) is 0 Å². The van der Waals surface area contributed by atoms with Crippen LogP contribution in [0.25, 0.3) is 0 Å². The van der Waals surface area contributed by atoms with Crippen LogP contribution in [0, 0.1) is 23.7 Å². The van der Waals surface area contributed by atoms with Crippen LogP contribution >= 0.6 is 0 Å². The molecule has 1 saturated carbocycles. The van der Waals surface area contributed by atoms with Crippen molar-refractivity contribution in [1.82, 2.24) is 0 Å². The van der Waals surface area contributed by atoms with Crippen LogP contribution in [-0.2, 0) is 0 Å². The lowest BCUT2D eigenvalue weighted by Gasteiger charge is -2.29. The zero-order valence-corrected chi connectivity index (χ0v) is 8.33. The van der Waals surface area contributed by atoms with E-state index in [1.54, 1.807) is 0 Å². The maximum absolute atomic E-state index is 9.26. The largest absolute Gasteiger partial charge is 0.396 e. The standard InChI is InChI=1S/C11H18O2/c1-6-7(2)9-3-8(6)10(4-12)11(9)5-13/h8-13H,3-5H2,1-2H3. The maximum Gasteiger partial charge on any atom is 0.0468 e. The Morgan fingerprint density at radius 3 is 1.69 bits per heavy atom. The summed E-state index contributed by atoms with van der Waals surface area (Å²) in [5, 5.41) is 18.5. The number of aliphatic hydroxyl groups excluding tert-OH is 2. The minimum atomic E-state index is 0.233. The van der Waals surface area contributed by atoms with Crippen molar-refractivity contribution in [2.75, 3.05) is 13.2 Å². The average Bonchev–Trinajstić information content (AvgIpc) is 2.63. The van der Waals surface area contributed by atoms with Crippen molar-refractivity contribution < 1.29 is 10.2 Å². The number of allylic oxidation sites excluding steroid dienone is 2. The number of fused-ring (bicyclic) bond motifs is 2. The van der Waals surface area contributed by atoms with Gasteiger partial charge in [-0.1, -0.05) is 11.1 Å². The molecule has 2 bridgehead atoms. The summed E-state index contributed by atoms with van der Waals surface area (Å²) >= 11 is 0. The van der Waals surface area contributed by atoms with Crippen LogP contribution in [0.4, 0.5) is 0 Å². The van der Waals surface area contributed by atoms with Crippen molar-refractivity contribution in [3.05, 3.63) is 11.1 Å². The highest BCUT2D eigenvalue weighted by Crippen LogP contribution is 2.54. The predicted molar refractivity (Wildman–Crippen MR) is 51.1 cm³/mol. The molecule has 0 amide bonds. The van der Waals surface area contributed by atoms with Gasteiger partial charge in [0.15, 0.2) is 0 Å². The lowest BCUT2D eigenvalue weighted by Crippen LogP contribution is -2.28. The summed E-state index contributed by atoms with van der Waals surface area (Å²) in [4.78, 5) is 0. The van der Waals surface area contributed by atoms with Crippen molar-refractivity contribution in [2.24, 2.45) is 23.7 Å². The van der Waals surface area contributed by atoms with E-state index in [0.717, 1.165) is 6.42 Å². The van der Waals surface area contributed by atoms with Crippen LogP contribution in [0.15, 0.2) is 11.1 Å². The summed E-state index contributed by atoms with van der Waals surface area (Å²) in [6, 6.07) is 0. The van der Waals surface area contributed by atoms with Gasteiger partial charge in [0.05, 0.1) is 0 Å². The average molecular weight is 182 g/mol. The third-order valence-corrected chi connectivity index (χ3v) is 4.25. The van der Waals surface area contributed by atoms with Gasteiger partial charge >= 0.3 is 0 Å². The summed E-state index contributed by atoms with van der Waals surface area (Å²) in [6.07, 6.45) is 1.16. The van der Waals surface area contributed by atoms with Crippen LogP contribution in [0.3, 0.4) is 0 Å². The quantitative estimate of drug-likeness (QED) is 0.630. The zero-order valence-electron chi connectivity index (χ0n) is 8.33. The minimum absolute atomic E-state index is 0.233. The van der Waals surface area contributed by atoms with Crippen molar-refractivity contribution >= 4 is 0 Å². The molecule has 0 aromatic carbocycles. The second kappa shape index (κ2) is 3.10. The minimum Gasteiger partial charge on any atom is -0.396 e. The first kappa shape index (κ1) is 9.22. The van der Waals surface area contributed by atoms with E-state index in [1.165, 1.54) is 11.1 Å². The summed E-state index contributed by atoms with van der Waals surface area (Å²) in [7, 11) is 0. The van der Waals surface area contributed by atoms with E-state index >= 15 is 0 Å². The van der Waals surface area contributed by atoms with Gasteiger partial charge in [0.2, 0.25) is 0 Å². The monoisotopic (exact) mass is 182 g/mol. The second-order valence-corrected chi connectivity index (χ2v) is 4.51. The molecule has 2 aliphatic rings. The third-order valence-electron chi connectivity index (χ3n) is 4.25. The molecule has 2 heteroatoms. The van der Waals surface area contributed by atoms with Gasteiger partial charge in [0, 0.05) is 13.2 Å². The van der Waals surface area contributed by atoms with E-state index in [-0.39, 0.29) is 13.2 Å². The Balaban J connectivity index is 2.28. The van der Waals surface area contributed by atoms with Crippen LogP contribution in [0.1, 0.15) is 20.3 Å². The fraction of sp³-hybridized carbons (Fsp3) is 0.818. The number of aliphatic hydroxyl groups is 2. The summed E-state index contributed by atoms with van der Waals surface area (Å²) in [5.74, 6) is 1.73. The first-order chi connectivity index (χ1) is 6.20. The lowest BCUT2D eigenvalue weighted by atomic mass is 9.77. The van der Waals surface area contributed by atoms with Crippen LogP contribution in [-0.4, -0.2) is 23.4 Å². The van der Waals surface area contributed by atoms with Crippen molar-refractivity contribution in [3.63, 3.8) is 0 Å². The fourth-order valence-electron chi connectivity index (χ4n) is 3.33. The molecule has 0 aliphatic heterocycles. The SMILES string of the molecule is CC1=C(C)C2CC1C(CO)C2CO. The molecule has 0 saturated heterocycles. The Kier molecular flexibility index (Phi) is 2.20. The molecular weight excluding hydrogens is 164 g/mol. The first-order valence-electron chi connectivity index (χ1n) is 5.09. The molecule has 4 unspecified atom stereocenters. The highest BCUT2D eigenvalue weighted by Gasteiger charge is 2.48. The van der Waals surface area contributed by atoms with E-state index < -0.39 is 0 Å². The smallest absolute Gasteiger partial charge is 0.0468 e. The highest BCUT2D eigenvalue weighted by molar-refractivity contribution is 5.29. The molecule has 0 aromatic heterocycles. The third kappa shape index (κ3) is 1.09. The van der Waals surface area contributed by atoms with Gasteiger partial charge in [-0.2, -0.15) is 0 Å². The topological polar surface area (TPSA) is 40.5 Å². The highest BCUT2D eigenvalue weighted by atomic mass is 16.3. The molecule has 0 aromatic rings. The molecule has 1 fully saturated rings. The molecule has 4 atom stereocenters. The van der Waals surface area contributed by atoms with Gasteiger partial charge in [0.25, 0.3) is 0 Å². The normalized spacial score (nSPS) is 43.4. The molecule has 13 heavy (non-hydrogen) atoms. The van der Waals surface area contributed by atoms with Crippen molar-refractivity contribution in [2.45, 2.75) is 20.3 Å². The Morgan fingerprint density at radius 2 is 1.38 bits per heavy atom. The molecule has 0 heterocycles. The molecule has 2 N–H and O–H groups in total. The molecule has 2 nitrogen and oxygen atoms in total. The Hall–Kier alpha value is -0.340. The number of hydrogen-bond acceptors (Lipinski definition) is 2. The summed E-state index contributed by atoms with van der Waals surface area (Å²) in [5.41, 5.74) is 2.93. The Morgan fingerprint density at radius 1 is 1.00 bits per heavy atom. The molecular formula is C11H18O2. The van der Waals surface area contributed by atoms with E-state index in [2.05, 4.69) is 13.8 Å². The van der Waals surface area contributed by atoms with E-state index in [9.17, 15) is 10.2 Å². The second-order valence-electron chi connectivity index (χ2n) is 4.51. The van der Waals surface area contributed by atoms with Crippen LogP contribution in [0.5, 0.6) is 0 Å². The number of rotatable bonds is 2. The van der Waals surface area contributed by atoms with Gasteiger partial charge in [-0.25, -0.2) is 0 Å². The Labute approximate surface area is 79.3 Å². The van der Waals surface area contributed by atoms with Crippen molar-refractivity contribution in [3.8, 4) is 0 Å². The van der Waals surface area contributed by atoms with E-state index in [4.69, 9.17) is 0 Å². The summed E-state index contributed by atoms with van der Waals surface area (Å²) < 4.78 is 0. The molecule has 2 aliphatic carbocycles. The molecule has 2 rings (SSSR count). The summed E-state index contributed by atoms with van der Waals surface area (Å²) in [6.45, 7) is 4.82. The van der Waals surface area contributed by atoms with Gasteiger partial charge in [-0.3, -0.25) is 0 Å². The van der Waals surface area contributed by atoms with Crippen molar-refractivity contribution in [1.29, 1.82) is 0 Å².